The first kappa shape index (κ1) is 41.5. The Morgan fingerprint density at radius 3 is 1.21 bits per heavy atom. The largest absolute Gasteiger partial charge is 0.309 e. The van der Waals surface area contributed by atoms with E-state index in [2.05, 4.69) is 288 Å². The lowest BCUT2D eigenvalue weighted by atomic mass is 9.87. The Bertz CT molecular complexity index is 4300. The molecular formula is C70H46N2. The van der Waals surface area contributed by atoms with Crippen molar-refractivity contribution in [2.75, 3.05) is 0 Å². The minimum absolute atomic E-state index is 1.13. The maximum atomic E-state index is 2.50. The molecule has 2 heteroatoms. The fourth-order valence-corrected chi connectivity index (χ4v) is 11.3. The second-order valence-electron chi connectivity index (χ2n) is 18.9. The summed E-state index contributed by atoms with van der Waals surface area (Å²) in [6, 6.07) is 103. The van der Waals surface area contributed by atoms with Crippen LogP contribution in [0.4, 0.5) is 0 Å². The summed E-state index contributed by atoms with van der Waals surface area (Å²) in [5, 5.41) is 7.40. The van der Waals surface area contributed by atoms with Crippen LogP contribution in [-0.2, 0) is 0 Å². The first-order valence-electron chi connectivity index (χ1n) is 24.8. The average molecular weight is 915 g/mol. The Balaban J connectivity index is 0.979. The molecular weight excluding hydrogens is 869 g/mol. The van der Waals surface area contributed by atoms with Gasteiger partial charge < -0.3 is 9.13 Å². The molecule has 0 unspecified atom stereocenters. The molecule has 0 amide bonds. The number of para-hydroxylation sites is 2. The third-order valence-electron chi connectivity index (χ3n) is 14.7. The van der Waals surface area contributed by atoms with Crippen molar-refractivity contribution >= 4 is 54.4 Å². The summed E-state index contributed by atoms with van der Waals surface area (Å²) in [4.78, 5) is 0. The zero-order chi connectivity index (χ0) is 47.5. The van der Waals surface area contributed by atoms with Crippen LogP contribution >= 0.6 is 0 Å². The van der Waals surface area contributed by atoms with E-state index in [1.807, 2.05) is 0 Å². The van der Waals surface area contributed by atoms with Crippen molar-refractivity contribution in [3.05, 3.63) is 279 Å². The summed E-state index contributed by atoms with van der Waals surface area (Å²) < 4.78 is 4.92. The zero-order valence-electron chi connectivity index (χ0n) is 39.5. The Morgan fingerprint density at radius 2 is 0.625 bits per heavy atom. The first-order valence-corrected chi connectivity index (χ1v) is 24.8. The van der Waals surface area contributed by atoms with Gasteiger partial charge in [-0.2, -0.15) is 0 Å². The van der Waals surface area contributed by atoms with Gasteiger partial charge in [0.25, 0.3) is 0 Å². The predicted octanol–water partition coefficient (Wildman–Crippen LogP) is 19.0. The SMILES string of the molecule is c1ccc(-c2cc(-c3ccccc3)cc(-c3cc(-c4ccccc4)c(-n4c5ccccc5c5cc(-c6ccc7c(c6)c6ccccc6n7-c6ccc7ccccc7c6)ccc54)cc3-c3ccccc3)c2)cc1. The fourth-order valence-electron chi connectivity index (χ4n) is 11.3. The highest BCUT2D eigenvalue weighted by molar-refractivity contribution is 6.13. The van der Waals surface area contributed by atoms with E-state index in [1.165, 1.54) is 105 Å². The molecule has 2 heterocycles. The van der Waals surface area contributed by atoms with Gasteiger partial charge in [0.2, 0.25) is 0 Å². The molecule has 0 saturated carbocycles. The lowest BCUT2D eigenvalue weighted by Crippen LogP contribution is -2.00. The smallest absolute Gasteiger partial charge is 0.0547 e. The fraction of sp³-hybridized carbons (Fsp3) is 0. The van der Waals surface area contributed by atoms with Crippen molar-refractivity contribution in [1.29, 1.82) is 0 Å². The maximum Gasteiger partial charge on any atom is 0.0547 e. The first-order chi connectivity index (χ1) is 35.7. The van der Waals surface area contributed by atoms with Crippen LogP contribution in [0.5, 0.6) is 0 Å². The second-order valence-corrected chi connectivity index (χ2v) is 18.9. The van der Waals surface area contributed by atoms with Crippen molar-refractivity contribution in [2.24, 2.45) is 0 Å². The number of aromatic nitrogens is 2. The van der Waals surface area contributed by atoms with Crippen LogP contribution in [0.3, 0.4) is 0 Å². The van der Waals surface area contributed by atoms with E-state index >= 15 is 0 Å². The molecule has 72 heavy (non-hydrogen) atoms. The van der Waals surface area contributed by atoms with Crippen molar-refractivity contribution in [3.8, 4) is 78.1 Å². The quantitative estimate of drug-likeness (QED) is 0.144. The number of hydrogen-bond donors (Lipinski definition) is 0. The number of fused-ring (bicyclic) bond motifs is 7. The molecule has 0 aliphatic heterocycles. The van der Waals surface area contributed by atoms with E-state index in [1.54, 1.807) is 0 Å². The summed E-state index contributed by atoms with van der Waals surface area (Å²) in [6.07, 6.45) is 0. The Labute approximate surface area is 418 Å². The van der Waals surface area contributed by atoms with Gasteiger partial charge in [0.1, 0.15) is 0 Å². The van der Waals surface area contributed by atoms with Gasteiger partial charge in [0.15, 0.2) is 0 Å². The molecule has 336 valence electrons. The van der Waals surface area contributed by atoms with Crippen molar-refractivity contribution < 1.29 is 0 Å². The van der Waals surface area contributed by atoms with Crippen LogP contribution in [0.25, 0.3) is 133 Å². The molecule has 0 saturated heterocycles. The van der Waals surface area contributed by atoms with E-state index in [-0.39, 0.29) is 0 Å². The number of benzene rings is 12. The monoisotopic (exact) mass is 914 g/mol. The van der Waals surface area contributed by atoms with E-state index in [0.29, 0.717) is 0 Å². The van der Waals surface area contributed by atoms with Crippen LogP contribution in [0.1, 0.15) is 0 Å². The van der Waals surface area contributed by atoms with Crippen LogP contribution in [0.2, 0.25) is 0 Å². The highest BCUT2D eigenvalue weighted by Gasteiger charge is 2.22. The molecule has 0 N–H and O–H groups in total. The van der Waals surface area contributed by atoms with Crippen LogP contribution in [0.15, 0.2) is 279 Å². The molecule has 0 aliphatic carbocycles. The number of nitrogens with zero attached hydrogens (tertiary/aromatic N) is 2. The van der Waals surface area contributed by atoms with Crippen molar-refractivity contribution in [1.82, 2.24) is 9.13 Å². The van der Waals surface area contributed by atoms with Crippen LogP contribution in [0, 0.1) is 0 Å². The van der Waals surface area contributed by atoms with E-state index in [4.69, 9.17) is 0 Å². The molecule has 14 rings (SSSR count). The minimum atomic E-state index is 1.13. The van der Waals surface area contributed by atoms with Gasteiger partial charge in [-0.25, -0.2) is 0 Å². The number of hydrogen-bond acceptors (Lipinski definition) is 0. The molecule has 0 radical (unpaired) electrons. The summed E-state index contributed by atoms with van der Waals surface area (Å²) in [7, 11) is 0. The molecule has 2 aromatic heterocycles. The normalized spacial score (nSPS) is 11.6. The van der Waals surface area contributed by atoms with Gasteiger partial charge in [-0.15, -0.1) is 0 Å². The lowest BCUT2D eigenvalue weighted by molar-refractivity contribution is 1.18. The van der Waals surface area contributed by atoms with E-state index in [9.17, 15) is 0 Å². The molecule has 0 fully saturated rings. The summed E-state index contributed by atoms with van der Waals surface area (Å²) in [5.74, 6) is 0. The van der Waals surface area contributed by atoms with Crippen molar-refractivity contribution in [2.45, 2.75) is 0 Å². The standard InChI is InChI=1S/C70H46N2/c1-5-19-47(20-6-1)55-39-56(48-21-7-2-8-22-48)41-57(40-55)61-45-63(51-26-11-4-12-27-51)70(46-62(61)50-24-9-3-10-25-50)72-67-32-18-16-30-60(67)65-44-54(35-38-69(65)72)53-34-37-68-64(43-53)59-29-15-17-31-66(59)71(68)58-36-33-49-23-13-14-28-52(49)42-58/h1-46H. The van der Waals surface area contributed by atoms with Crippen LogP contribution in [-0.4, -0.2) is 9.13 Å². The molecule has 12 aromatic carbocycles. The Morgan fingerprint density at radius 1 is 0.194 bits per heavy atom. The Hall–Kier alpha value is -9.50. The van der Waals surface area contributed by atoms with Gasteiger partial charge in [0, 0.05) is 32.8 Å². The summed E-state index contributed by atoms with van der Waals surface area (Å²) >= 11 is 0. The van der Waals surface area contributed by atoms with E-state index < -0.39 is 0 Å². The Kier molecular flexibility index (Phi) is 9.89. The van der Waals surface area contributed by atoms with E-state index in [0.717, 1.165) is 28.0 Å². The second kappa shape index (κ2) is 17.2. The summed E-state index contributed by atoms with van der Waals surface area (Å²) in [6.45, 7) is 0. The zero-order valence-corrected chi connectivity index (χ0v) is 39.5. The predicted molar refractivity (Wildman–Crippen MR) is 305 cm³/mol. The third-order valence-corrected chi connectivity index (χ3v) is 14.7. The third kappa shape index (κ3) is 7.03. The highest BCUT2D eigenvalue weighted by Crippen LogP contribution is 2.45. The topological polar surface area (TPSA) is 9.86 Å². The molecule has 0 bridgehead atoms. The minimum Gasteiger partial charge on any atom is -0.309 e. The molecule has 0 aliphatic rings. The lowest BCUT2D eigenvalue weighted by Gasteiger charge is -2.21. The number of rotatable bonds is 8. The average Bonchev–Trinajstić information content (AvgIpc) is 3.97. The summed E-state index contributed by atoms with van der Waals surface area (Å²) in [5.41, 5.74) is 21.2. The maximum absolute atomic E-state index is 2.50. The van der Waals surface area contributed by atoms with Gasteiger partial charge in [-0.3, -0.25) is 0 Å². The molecule has 14 aromatic rings. The van der Waals surface area contributed by atoms with Gasteiger partial charge in [0.05, 0.1) is 27.8 Å². The van der Waals surface area contributed by atoms with Gasteiger partial charge >= 0.3 is 0 Å². The molecule has 2 nitrogen and oxygen atoms in total. The molecule has 0 atom stereocenters. The highest BCUT2D eigenvalue weighted by atomic mass is 15.0. The molecule has 0 spiro atoms. The van der Waals surface area contributed by atoms with Gasteiger partial charge in [-0.1, -0.05) is 200 Å². The van der Waals surface area contributed by atoms with Crippen LogP contribution < -0.4 is 0 Å². The van der Waals surface area contributed by atoms with Gasteiger partial charge in [-0.05, 0) is 151 Å². The van der Waals surface area contributed by atoms with Crippen molar-refractivity contribution in [3.63, 3.8) is 0 Å².